The molecule has 0 aliphatic heterocycles. The van der Waals surface area contributed by atoms with Crippen molar-refractivity contribution < 1.29 is 26.3 Å². The van der Waals surface area contributed by atoms with Crippen LogP contribution in [0.2, 0.25) is 0 Å². The lowest BCUT2D eigenvalue weighted by Crippen LogP contribution is -2.19. The van der Waals surface area contributed by atoms with Gasteiger partial charge in [0.05, 0.1) is 11.1 Å². The first-order valence-corrected chi connectivity index (χ1v) is 4.55. The summed E-state index contributed by atoms with van der Waals surface area (Å²) in [5, 5.41) is 0. The van der Waals surface area contributed by atoms with Gasteiger partial charge in [-0.1, -0.05) is 6.07 Å². The van der Waals surface area contributed by atoms with Gasteiger partial charge in [0, 0.05) is 6.54 Å². The Kier molecular flexibility index (Phi) is 3.42. The molecular weight excluding hydrogens is 248 g/mol. The average molecular weight is 257 g/mol. The standard InChI is InChI=1S/C10H9F6N/c1-5-2-6(4-17)3-7(9(11,12)13)8(5)10(14,15)16/h2-3H,4,17H2,1H3. The van der Waals surface area contributed by atoms with E-state index in [1.807, 2.05) is 0 Å². The van der Waals surface area contributed by atoms with Crippen LogP contribution in [0.5, 0.6) is 0 Å². The molecule has 0 amide bonds. The predicted octanol–water partition coefficient (Wildman–Crippen LogP) is 3.49. The van der Waals surface area contributed by atoms with Gasteiger partial charge in [-0.05, 0) is 24.1 Å². The summed E-state index contributed by atoms with van der Waals surface area (Å²) in [4.78, 5) is 0. The van der Waals surface area contributed by atoms with Crippen molar-refractivity contribution >= 4 is 0 Å². The largest absolute Gasteiger partial charge is 0.417 e. The molecule has 0 spiro atoms. The van der Waals surface area contributed by atoms with Gasteiger partial charge >= 0.3 is 12.4 Å². The SMILES string of the molecule is Cc1cc(CN)cc(C(F)(F)F)c1C(F)(F)F. The summed E-state index contributed by atoms with van der Waals surface area (Å²) in [5.74, 6) is 0. The molecule has 0 bridgehead atoms. The summed E-state index contributed by atoms with van der Waals surface area (Å²) in [5.41, 5.74) is 1.34. The van der Waals surface area contributed by atoms with Crippen molar-refractivity contribution in [2.24, 2.45) is 5.73 Å². The van der Waals surface area contributed by atoms with Gasteiger partial charge in [0.2, 0.25) is 0 Å². The van der Waals surface area contributed by atoms with Gasteiger partial charge in [0.1, 0.15) is 0 Å². The first kappa shape index (κ1) is 13.8. The van der Waals surface area contributed by atoms with Crippen LogP contribution in [0.4, 0.5) is 26.3 Å². The van der Waals surface area contributed by atoms with E-state index in [4.69, 9.17) is 5.73 Å². The molecule has 0 aromatic heterocycles. The van der Waals surface area contributed by atoms with Gasteiger partial charge in [0.25, 0.3) is 0 Å². The summed E-state index contributed by atoms with van der Waals surface area (Å²) >= 11 is 0. The van der Waals surface area contributed by atoms with E-state index in [0.29, 0.717) is 6.07 Å². The third kappa shape index (κ3) is 2.91. The zero-order valence-corrected chi connectivity index (χ0v) is 8.71. The maximum atomic E-state index is 12.5. The lowest BCUT2D eigenvalue weighted by atomic mass is 9.97. The van der Waals surface area contributed by atoms with Crippen LogP contribution in [0.3, 0.4) is 0 Å². The van der Waals surface area contributed by atoms with E-state index in [1.165, 1.54) is 0 Å². The van der Waals surface area contributed by atoms with Gasteiger partial charge in [-0.15, -0.1) is 0 Å². The second-order valence-electron chi connectivity index (χ2n) is 3.53. The monoisotopic (exact) mass is 257 g/mol. The summed E-state index contributed by atoms with van der Waals surface area (Å²) in [6.45, 7) is 0.735. The zero-order chi connectivity index (χ0) is 13.4. The molecule has 0 radical (unpaired) electrons. The number of rotatable bonds is 1. The van der Waals surface area contributed by atoms with E-state index in [-0.39, 0.29) is 12.1 Å². The molecule has 7 heteroatoms. The van der Waals surface area contributed by atoms with Crippen molar-refractivity contribution in [3.63, 3.8) is 0 Å². The second kappa shape index (κ2) is 4.21. The highest BCUT2D eigenvalue weighted by molar-refractivity contribution is 5.42. The van der Waals surface area contributed by atoms with Crippen molar-refractivity contribution in [1.82, 2.24) is 0 Å². The maximum Gasteiger partial charge on any atom is 0.417 e. The summed E-state index contributed by atoms with van der Waals surface area (Å²) in [6, 6.07) is 1.45. The molecule has 0 fully saturated rings. The number of hydrogen-bond donors (Lipinski definition) is 1. The minimum atomic E-state index is -5.05. The highest BCUT2D eigenvalue weighted by Gasteiger charge is 2.44. The molecule has 0 heterocycles. The fourth-order valence-corrected chi connectivity index (χ4v) is 1.58. The van der Waals surface area contributed by atoms with Crippen LogP contribution in [0, 0.1) is 6.92 Å². The molecule has 0 saturated heterocycles. The molecule has 96 valence electrons. The number of alkyl halides is 6. The molecule has 1 rings (SSSR count). The molecule has 0 aliphatic rings. The third-order valence-electron chi connectivity index (χ3n) is 2.22. The van der Waals surface area contributed by atoms with E-state index >= 15 is 0 Å². The molecular formula is C10H9F6N. The normalized spacial score (nSPS) is 12.9. The van der Waals surface area contributed by atoms with Crippen LogP contribution < -0.4 is 5.73 Å². The molecule has 2 N–H and O–H groups in total. The fourth-order valence-electron chi connectivity index (χ4n) is 1.58. The van der Waals surface area contributed by atoms with Crippen LogP contribution in [0.1, 0.15) is 22.3 Å². The zero-order valence-electron chi connectivity index (χ0n) is 8.71. The predicted molar refractivity (Wildman–Crippen MR) is 49.1 cm³/mol. The highest BCUT2D eigenvalue weighted by atomic mass is 19.4. The summed E-state index contributed by atoms with van der Waals surface area (Å²) in [7, 11) is 0. The Labute approximate surface area is 93.2 Å². The molecule has 1 nitrogen and oxygen atoms in total. The Morgan fingerprint density at radius 3 is 1.88 bits per heavy atom. The molecule has 1 aromatic carbocycles. The minimum absolute atomic E-state index is 0.0165. The van der Waals surface area contributed by atoms with Crippen LogP contribution >= 0.6 is 0 Å². The van der Waals surface area contributed by atoms with Gasteiger partial charge in [-0.2, -0.15) is 26.3 Å². The van der Waals surface area contributed by atoms with Gasteiger partial charge < -0.3 is 5.73 Å². The number of halogens is 6. The topological polar surface area (TPSA) is 26.0 Å². The Morgan fingerprint density at radius 2 is 1.53 bits per heavy atom. The second-order valence-corrected chi connectivity index (χ2v) is 3.53. The Morgan fingerprint density at radius 1 is 1.00 bits per heavy atom. The lowest BCUT2D eigenvalue weighted by molar-refractivity contribution is -0.162. The van der Waals surface area contributed by atoms with Crippen LogP contribution in [0.15, 0.2) is 12.1 Å². The van der Waals surface area contributed by atoms with E-state index in [9.17, 15) is 26.3 Å². The third-order valence-corrected chi connectivity index (χ3v) is 2.22. The number of nitrogens with two attached hydrogens (primary N) is 1. The minimum Gasteiger partial charge on any atom is -0.326 e. The number of benzene rings is 1. The first-order chi connectivity index (χ1) is 7.57. The fraction of sp³-hybridized carbons (Fsp3) is 0.400. The van der Waals surface area contributed by atoms with Crippen molar-refractivity contribution in [2.45, 2.75) is 25.8 Å². The Bertz CT molecular complexity index is 418. The molecule has 17 heavy (non-hydrogen) atoms. The van der Waals surface area contributed by atoms with Crippen LogP contribution in [-0.2, 0) is 18.9 Å². The van der Waals surface area contributed by atoms with E-state index in [2.05, 4.69) is 0 Å². The summed E-state index contributed by atoms with van der Waals surface area (Å²) < 4.78 is 75.2. The van der Waals surface area contributed by atoms with E-state index in [1.54, 1.807) is 0 Å². The quantitative estimate of drug-likeness (QED) is 0.766. The Hall–Kier alpha value is -1.24. The van der Waals surface area contributed by atoms with Gasteiger partial charge in [0.15, 0.2) is 0 Å². The van der Waals surface area contributed by atoms with E-state index < -0.39 is 29.0 Å². The van der Waals surface area contributed by atoms with Crippen molar-refractivity contribution in [2.75, 3.05) is 0 Å². The lowest BCUT2D eigenvalue weighted by Gasteiger charge is -2.18. The first-order valence-electron chi connectivity index (χ1n) is 4.55. The molecule has 0 aliphatic carbocycles. The van der Waals surface area contributed by atoms with Crippen LogP contribution in [0.25, 0.3) is 0 Å². The highest BCUT2D eigenvalue weighted by Crippen LogP contribution is 2.42. The van der Waals surface area contributed by atoms with Crippen molar-refractivity contribution in [1.29, 1.82) is 0 Å². The van der Waals surface area contributed by atoms with Gasteiger partial charge in [-0.3, -0.25) is 0 Å². The smallest absolute Gasteiger partial charge is 0.326 e. The van der Waals surface area contributed by atoms with Crippen molar-refractivity contribution in [3.05, 3.63) is 34.4 Å². The van der Waals surface area contributed by atoms with E-state index in [0.717, 1.165) is 13.0 Å². The molecule has 0 saturated carbocycles. The Balaban J connectivity index is 3.58. The van der Waals surface area contributed by atoms with Gasteiger partial charge in [-0.25, -0.2) is 0 Å². The van der Waals surface area contributed by atoms with Crippen LogP contribution in [-0.4, -0.2) is 0 Å². The molecule has 0 unspecified atom stereocenters. The maximum absolute atomic E-state index is 12.5. The molecule has 0 atom stereocenters. The summed E-state index contributed by atoms with van der Waals surface area (Å²) in [6.07, 6.45) is -10.1. The average Bonchev–Trinajstić information content (AvgIpc) is 2.12. The number of aryl methyl sites for hydroxylation is 1. The number of hydrogen-bond acceptors (Lipinski definition) is 1. The van der Waals surface area contributed by atoms with Crippen molar-refractivity contribution in [3.8, 4) is 0 Å². The molecule has 1 aromatic rings.